The monoisotopic (exact) mass is 2200 g/mol. The predicted octanol–water partition coefficient (Wildman–Crippen LogP) is 15.2. The van der Waals surface area contributed by atoms with E-state index in [1.54, 1.807) is 59.3 Å². The molecule has 0 aromatic carbocycles. The molecule has 0 spiro atoms. The fraction of sp³-hybridized carbons (Fsp3) is 0.833. The summed E-state index contributed by atoms with van der Waals surface area (Å²) in [6, 6.07) is -0.200. The summed E-state index contributed by atoms with van der Waals surface area (Å²) in [4.78, 5) is 167. The highest BCUT2D eigenvalue weighted by Crippen LogP contribution is 2.32. The third-order valence-corrected chi connectivity index (χ3v) is 25.8. The third kappa shape index (κ3) is 73.7. The third-order valence-electron chi connectivity index (χ3n) is 24.3. The quantitative estimate of drug-likeness (QED) is 0.00950. The van der Waals surface area contributed by atoms with E-state index in [0.717, 1.165) is 155 Å². The van der Waals surface area contributed by atoms with Crippen LogP contribution >= 0.6 is 0 Å². The van der Waals surface area contributed by atoms with Crippen LogP contribution in [0.4, 0.5) is 0 Å². The number of carbonyl (C=O) groups excluding carboxylic acids is 12. The number of nitrogens with zero attached hydrogens (tertiary/aromatic N) is 9. The Morgan fingerprint density at radius 3 is 0.920 bits per heavy atom. The van der Waals surface area contributed by atoms with Gasteiger partial charge in [0.2, 0.25) is 0 Å². The summed E-state index contributed by atoms with van der Waals surface area (Å²) in [7, 11) is 31.9. The highest BCUT2D eigenvalue weighted by atomic mass is 28.3. The van der Waals surface area contributed by atoms with Gasteiger partial charge in [0.25, 0.3) is 0 Å². The van der Waals surface area contributed by atoms with Crippen LogP contribution in [0.15, 0.2) is 25.3 Å². The number of allylic oxidation sites excluding steroid dienone is 1. The summed E-state index contributed by atoms with van der Waals surface area (Å²) in [5.74, 6) is -4.77. The van der Waals surface area contributed by atoms with E-state index in [1.165, 1.54) is 67.5 Å². The number of hydrogen-bond acceptors (Lipinski definition) is 39. The van der Waals surface area contributed by atoms with Gasteiger partial charge >= 0.3 is 71.6 Å². The standard InChI is InChI=1S/C12H23NO4.C11H21NO4.C11H19NO2.C10H17NO3.C9H15NO4.C9H17NO3.C8H11NO3.C7H13NO3.C6H14Si.C4H6O3.C3H9NO.CH4O.CH2O.16CH4/c1-13-9(8-11(15-2)16-3)6-5-7-10(13)12(14)17-4;1-12-8(6-9(14)7-13)4-3-5-10(12)11(15)16-2;1-4-6-9-7-5-8-10(12(9)2)11(13)14-3;1-11-8(6-7-12)4-3-5-9(11)10(13)14-2;1-10-6(8(11)12)4-3-5-7(10)9(13)14-2;1-10-7(9(11)13-3)5-4-6-8(10)12-2;1-9-5-3-2-4-6(9)8(11)12-7(5)10;1-8-5(7(10)11)3-2-4-6(8)9;1-5-6-7(2,3)4;1-3(5)7-4(2)6;1-4(2)3-5;2*1-2;;;;;;;;;;;;;;;;/h9-11H,5-8H2,1-4H3;8-10,13-14H,3-7H2,1-2H3;4,9-10H,1,5-8H2,2-3H3;7-9H,3-6H2,1-2H3;6-7H,3-5H2,1-2H3,(H,11,12);7-8H,4-6H2,1-3H3;5-6H,2-4H2,1H3;5-6,9H,2-4H2,1H3,(H,10,11);5H,1,6H2,2-4H3;1-2H3;5H,3H2,1-2H3;2H,1H3;1H2;16*1H4. The molecule has 0 saturated carbocycles. The van der Waals surface area contributed by atoms with Crippen LogP contribution in [0.1, 0.15) is 312 Å². The SMILES string of the molecule is C.C.C.C.C.C.C.C.C.C.C.C.C.C.C.C.C=CCC1CCCC(C(=O)OC)N1C.C=CC[Si](C)(C)C.C=O.CC(=O)OC(C)=O.CN(C)CO.CN1C(O)CCCC1C(=O)O.CN1C2CCCC1C(=O)OC2=O.CO.COC(=O)C1CCCC(C(=O)O)N1C.COC(=O)C1CCCC(CC(O)CO)N1C.COC(=O)C1CCCC(CC(OC)OC)N1C.COC(=O)C1CCCC(CC=O)N1C.COC(=O)C1CCCC(OC)N1C. The zero-order valence-corrected chi connectivity index (χ0v) is 86.0. The first-order chi connectivity index (χ1) is 63.2. The molecule has 2 bridgehead atoms. The minimum absolute atomic E-state index is 0. The number of morpholine rings is 1. The van der Waals surface area contributed by atoms with Gasteiger partial charge < -0.3 is 97.4 Å². The minimum atomic E-state index is -0.874. The first kappa shape index (κ1) is 190. The van der Waals surface area contributed by atoms with Crippen molar-refractivity contribution in [3.05, 3.63) is 25.3 Å². The Bertz CT molecular complexity index is 3280. The van der Waals surface area contributed by atoms with Gasteiger partial charge in [-0.1, -0.05) is 151 Å². The number of aliphatic hydroxyl groups excluding tert-OH is 5. The maximum absolute atomic E-state index is 11.6. The lowest BCUT2D eigenvalue weighted by atomic mass is 9.93. The summed E-state index contributed by atoms with van der Waals surface area (Å²) < 4.78 is 52.6. The van der Waals surface area contributed by atoms with Crippen molar-refractivity contribution in [3.8, 4) is 0 Å². The van der Waals surface area contributed by atoms with Crippen molar-refractivity contribution < 1.29 is 155 Å². The van der Waals surface area contributed by atoms with Crippen LogP contribution in [-0.4, -0.2) is 437 Å². The number of aliphatic hydroxyl groups is 5. The normalized spacial score (nSPS) is 23.3. The van der Waals surface area contributed by atoms with Gasteiger partial charge in [-0.3, -0.25) is 92.0 Å². The molecule has 9 aliphatic heterocycles. The number of rotatable bonds is 23. The van der Waals surface area contributed by atoms with Gasteiger partial charge in [-0.25, -0.2) is 9.59 Å². The molecule has 17 atom stereocenters. The van der Waals surface area contributed by atoms with Crippen LogP contribution in [0.3, 0.4) is 0 Å². The summed E-state index contributed by atoms with van der Waals surface area (Å²) in [5.41, 5.74) is 0. The lowest BCUT2D eigenvalue weighted by Gasteiger charge is -2.40. The minimum Gasteiger partial charge on any atom is -0.480 e. The predicted molar refractivity (Wildman–Crippen MR) is 611 cm³/mol. The Hall–Kier alpha value is -7.60. The highest BCUT2D eigenvalue weighted by Gasteiger charge is 2.45. The average Bonchev–Trinajstić information content (AvgIpc) is 0.793. The Balaban J connectivity index is -0.0000000686. The van der Waals surface area contributed by atoms with Gasteiger partial charge in [-0.05, 0) is 243 Å². The maximum atomic E-state index is 11.6. The molecule has 908 valence electrons. The molecule has 0 amide bonds. The van der Waals surface area contributed by atoms with Crippen LogP contribution in [0, 0.1) is 0 Å². The van der Waals surface area contributed by atoms with E-state index < -0.39 is 62.4 Å². The van der Waals surface area contributed by atoms with E-state index in [1.807, 2.05) is 80.8 Å². The number of aldehydes is 1. The Morgan fingerprint density at radius 2 is 0.667 bits per heavy atom. The van der Waals surface area contributed by atoms with Crippen molar-refractivity contribution in [3.63, 3.8) is 0 Å². The fourth-order valence-corrected chi connectivity index (χ4v) is 17.3. The van der Waals surface area contributed by atoms with Crippen molar-refractivity contribution in [1.29, 1.82) is 0 Å². The van der Waals surface area contributed by atoms with Crippen LogP contribution in [-0.2, 0) is 119 Å². The molecular weight excluding hydrogens is 1960 g/mol. The number of likely N-dealkylation sites (N-methyl/N-ethyl adjacent to an activating group) is 8. The molecular formula is C108H235N9O32Si. The van der Waals surface area contributed by atoms with Crippen LogP contribution in [0.2, 0.25) is 25.7 Å². The molecule has 0 radical (unpaired) electrons. The molecule has 42 heteroatoms. The number of carboxylic acids is 2. The van der Waals surface area contributed by atoms with E-state index in [9.17, 15) is 72.5 Å². The van der Waals surface area contributed by atoms with Gasteiger partial charge in [0.15, 0.2) is 6.29 Å². The van der Waals surface area contributed by atoms with Gasteiger partial charge in [0, 0.05) is 87.4 Å². The molecule has 41 nitrogen and oxygen atoms in total. The van der Waals surface area contributed by atoms with E-state index in [-0.39, 0.29) is 247 Å². The number of methoxy groups -OCH3 is 9. The van der Waals surface area contributed by atoms with Crippen LogP contribution < -0.4 is 0 Å². The molecule has 150 heavy (non-hydrogen) atoms. The number of likely N-dealkylation sites (tertiary alicyclic amines) is 7. The molecule has 9 fully saturated rings. The highest BCUT2D eigenvalue weighted by molar-refractivity contribution is 6.76. The number of hydrogen-bond donors (Lipinski definition) is 7. The summed E-state index contributed by atoms with van der Waals surface area (Å²) >= 11 is 0. The molecule has 9 saturated heterocycles. The van der Waals surface area contributed by atoms with Crippen molar-refractivity contribution in [1.82, 2.24) is 44.1 Å². The molecule has 9 rings (SSSR count). The second-order valence-electron chi connectivity index (χ2n) is 34.8. The number of aliphatic carboxylic acids is 2. The second kappa shape index (κ2) is 108. The number of ether oxygens (including phenoxy) is 11. The average molecular weight is 2200 g/mol. The zero-order valence-electron chi connectivity index (χ0n) is 85.0. The zero-order chi connectivity index (χ0) is 104. The number of carbonyl (C=O) groups is 14. The lowest BCUT2D eigenvalue weighted by molar-refractivity contribution is -0.179. The van der Waals surface area contributed by atoms with Crippen LogP contribution in [0.5, 0.6) is 0 Å². The van der Waals surface area contributed by atoms with E-state index in [0.29, 0.717) is 50.6 Å². The Kier molecular flexibility index (Phi) is 137. The molecule has 17 unspecified atom stereocenters. The molecule has 0 aliphatic carbocycles. The van der Waals surface area contributed by atoms with Crippen LogP contribution in [0.25, 0.3) is 0 Å². The van der Waals surface area contributed by atoms with Crippen molar-refractivity contribution >= 4 is 92.8 Å². The topological polar surface area (TPSA) is 511 Å². The van der Waals surface area contributed by atoms with Gasteiger partial charge in [0.1, 0.15) is 85.9 Å². The van der Waals surface area contributed by atoms with Gasteiger partial charge in [0.05, 0.1) is 62.1 Å². The molecule has 0 aromatic rings. The first-order valence-electron chi connectivity index (χ1n) is 45.5. The molecule has 7 N–H and O–H groups in total. The Labute approximate surface area is 915 Å². The number of cyclic esters (lactones) is 2. The lowest BCUT2D eigenvalue weighted by Crippen LogP contribution is -2.57. The second-order valence-corrected chi connectivity index (χ2v) is 40.3. The summed E-state index contributed by atoms with van der Waals surface area (Å²) in [6.07, 6.45) is 27.4. The van der Waals surface area contributed by atoms with E-state index in [4.69, 9.17) is 68.2 Å². The maximum Gasteiger partial charge on any atom is 0.331 e. The van der Waals surface area contributed by atoms with Gasteiger partial charge in [-0.15, -0.1) is 13.2 Å². The number of fused-ring (bicyclic) bond motifs is 2. The van der Waals surface area contributed by atoms with Crippen molar-refractivity contribution in [2.45, 2.75) is 448 Å². The fourth-order valence-electron chi connectivity index (χ4n) is 16.5. The number of piperidine rings is 8. The molecule has 0 aromatic heterocycles. The van der Waals surface area contributed by atoms with Gasteiger partial charge in [-0.2, -0.15) is 0 Å². The Morgan fingerprint density at radius 1 is 0.400 bits per heavy atom. The number of esters is 10. The summed E-state index contributed by atoms with van der Waals surface area (Å²) in [5, 5.41) is 60.1. The first-order valence-corrected chi connectivity index (χ1v) is 49.2. The van der Waals surface area contributed by atoms with E-state index in [2.05, 4.69) is 56.8 Å². The summed E-state index contributed by atoms with van der Waals surface area (Å²) in [6.45, 7) is 18.7. The van der Waals surface area contributed by atoms with Crippen molar-refractivity contribution in [2.75, 3.05) is 155 Å². The largest absolute Gasteiger partial charge is 0.480 e. The molecule has 9 heterocycles. The van der Waals surface area contributed by atoms with E-state index >= 15 is 0 Å². The smallest absolute Gasteiger partial charge is 0.331 e. The number of carboxylic acid groups (broad SMARTS) is 2. The molecule has 9 aliphatic rings. The van der Waals surface area contributed by atoms with Crippen molar-refractivity contribution in [2.24, 2.45) is 0 Å².